The van der Waals surface area contributed by atoms with Gasteiger partial charge >= 0.3 is 0 Å². The highest BCUT2D eigenvalue weighted by Gasteiger charge is 2.03. The fourth-order valence-electron chi connectivity index (χ4n) is 2.13. The maximum atomic E-state index is 11.6. The first-order valence-electron chi connectivity index (χ1n) is 6.61. The van der Waals surface area contributed by atoms with Gasteiger partial charge < -0.3 is 5.32 Å². The Morgan fingerprint density at radius 2 is 1.89 bits per heavy atom. The van der Waals surface area contributed by atoms with Crippen LogP contribution in [0, 0.1) is 0 Å². The van der Waals surface area contributed by atoms with Crippen molar-refractivity contribution in [2.24, 2.45) is 0 Å². The van der Waals surface area contributed by atoms with E-state index >= 15 is 0 Å². The lowest BCUT2D eigenvalue weighted by Gasteiger charge is -2.10. The molecule has 0 unspecified atom stereocenters. The molecule has 1 aromatic carbocycles. The maximum absolute atomic E-state index is 11.6. The molecule has 2 nitrogen and oxygen atoms in total. The van der Waals surface area contributed by atoms with Gasteiger partial charge in [0.25, 0.3) is 5.91 Å². The van der Waals surface area contributed by atoms with Crippen LogP contribution in [0.4, 0.5) is 0 Å². The minimum Gasteiger partial charge on any atom is -0.348 e. The Kier molecular flexibility index (Phi) is 4.80. The Hall–Kier alpha value is -1.79. The largest absolute Gasteiger partial charge is 0.348 e. The number of amides is 1. The van der Waals surface area contributed by atoms with Gasteiger partial charge in [0.1, 0.15) is 0 Å². The van der Waals surface area contributed by atoms with Crippen molar-refractivity contribution in [1.29, 1.82) is 0 Å². The predicted molar refractivity (Wildman–Crippen MR) is 73.0 cm³/mol. The smallest absolute Gasteiger partial charge is 0.252 e. The second-order valence-corrected chi connectivity index (χ2v) is 4.66. The topological polar surface area (TPSA) is 29.1 Å². The summed E-state index contributed by atoms with van der Waals surface area (Å²) < 4.78 is 0. The van der Waals surface area contributed by atoms with Crippen molar-refractivity contribution in [3.8, 4) is 0 Å². The average Bonchev–Trinajstić information content (AvgIpc) is 2.45. The highest BCUT2D eigenvalue weighted by Crippen LogP contribution is 2.21. The van der Waals surface area contributed by atoms with Gasteiger partial charge in [-0.1, -0.05) is 36.8 Å². The van der Waals surface area contributed by atoms with Crippen molar-refractivity contribution in [2.75, 3.05) is 0 Å². The fourth-order valence-corrected chi connectivity index (χ4v) is 2.13. The summed E-state index contributed by atoms with van der Waals surface area (Å²) in [6.07, 6.45) is 7.53. The average molecular weight is 241 g/mol. The van der Waals surface area contributed by atoms with Gasteiger partial charge in [-0.15, -0.1) is 5.73 Å². The monoisotopic (exact) mass is 241 g/mol. The van der Waals surface area contributed by atoms with Gasteiger partial charge in [0.05, 0.1) is 0 Å². The molecule has 0 aromatic heterocycles. The van der Waals surface area contributed by atoms with Crippen LogP contribution in [0.1, 0.15) is 37.7 Å². The zero-order valence-electron chi connectivity index (χ0n) is 10.6. The summed E-state index contributed by atoms with van der Waals surface area (Å²) in [5.74, 6) is -0.0584. The van der Waals surface area contributed by atoms with Gasteiger partial charge in [-0.2, -0.15) is 0 Å². The quantitative estimate of drug-likeness (QED) is 0.638. The third-order valence-electron chi connectivity index (χ3n) is 3.17. The van der Waals surface area contributed by atoms with Crippen molar-refractivity contribution < 1.29 is 4.79 Å². The van der Waals surface area contributed by atoms with Gasteiger partial charge in [0.15, 0.2) is 0 Å². The first-order valence-corrected chi connectivity index (χ1v) is 6.61. The lowest BCUT2D eigenvalue weighted by atomic mass is 9.96. The predicted octanol–water partition coefficient (Wildman–Crippen LogP) is 3.35. The SMILES string of the molecule is O=C(C=C=C1CCCCC1)NCc1ccccc1. The van der Waals surface area contributed by atoms with Crippen LogP contribution in [0.2, 0.25) is 0 Å². The van der Waals surface area contributed by atoms with Crippen molar-refractivity contribution >= 4 is 5.91 Å². The van der Waals surface area contributed by atoms with Crippen LogP contribution in [0.25, 0.3) is 0 Å². The Balaban J connectivity index is 1.83. The molecule has 1 aliphatic carbocycles. The Bertz CT molecular complexity index is 447. The van der Waals surface area contributed by atoms with Gasteiger partial charge in [0.2, 0.25) is 0 Å². The summed E-state index contributed by atoms with van der Waals surface area (Å²) in [7, 11) is 0. The summed E-state index contributed by atoms with van der Waals surface area (Å²) in [6.45, 7) is 0.577. The van der Waals surface area contributed by atoms with E-state index in [1.807, 2.05) is 30.3 Å². The van der Waals surface area contributed by atoms with E-state index < -0.39 is 0 Å². The zero-order chi connectivity index (χ0) is 12.6. The first kappa shape index (κ1) is 12.7. The molecule has 1 amide bonds. The van der Waals surface area contributed by atoms with E-state index in [2.05, 4.69) is 11.0 Å². The second kappa shape index (κ2) is 6.83. The lowest BCUT2D eigenvalue weighted by molar-refractivity contribution is -0.116. The molecule has 94 valence electrons. The van der Waals surface area contributed by atoms with Gasteiger partial charge in [0, 0.05) is 12.6 Å². The Morgan fingerprint density at radius 3 is 2.61 bits per heavy atom. The van der Waals surface area contributed by atoms with E-state index in [0.29, 0.717) is 6.54 Å². The molecule has 1 aromatic rings. The summed E-state index contributed by atoms with van der Waals surface area (Å²) in [4.78, 5) is 11.6. The number of carbonyl (C=O) groups is 1. The standard InChI is InChI=1S/C16H19NO/c18-16(12-11-14-7-3-1-4-8-14)17-13-15-9-5-2-6-10-15/h2,5-6,9-10,12H,1,3-4,7-8,13H2,(H,17,18). The molecule has 0 aliphatic heterocycles. The minimum absolute atomic E-state index is 0.0584. The summed E-state index contributed by atoms with van der Waals surface area (Å²) in [5.41, 5.74) is 5.54. The van der Waals surface area contributed by atoms with Crippen molar-refractivity contribution in [2.45, 2.75) is 38.6 Å². The molecule has 0 atom stereocenters. The molecule has 0 spiro atoms. The highest BCUT2D eigenvalue weighted by molar-refractivity contribution is 5.87. The summed E-state index contributed by atoms with van der Waals surface area (Å²) in [6, 6.07) is 9.93. The van der Waals surface area contributed by atoms with Crippen LogP contribution >= 0.6 is 0 Å². The minimum atomic E-state index is -0.0584. The van der Waals surface area contributed by atoms with Crippen molar-refractivity contribution in [3.05, 3.63) is 53.3 Å². The van der Waals surface area contributed by atoms with Crippen LogP contribution in [0.3, 0.4) is 0 Å². The van der Waals surface area contributed by atoms with E-state index in [1.54, 1.807) is 6.08 Å². The van der Waals surface area contributed by atoms with E-state index in [1.165, 1.54) is 24.8 Å². The number of nitrogens with one attached hydrogen (secondary N) is 1. The molecule has 1 saturated carbocycles. The molecule has 1 aliphatic rings. The van der Waals surface area contributed by atoms with E-state index in [0.717, 1.165) is 18.4 Å². The third-order valence-corrected chi connectivity index (χ3v) is 3.17. The molecule has 2 heteroatoms. The van der Waals surface area contributed by atoms with Crippen LogP contribution in [-0.4, -0.2) is 5.91 Å². The lowest BCUT2D eigenvalue weighted by Crippen LogP contribution is -2.19. The van der Waals surface area contributed by atoms with Crippen LogP contribution in [-0.2, 0) is 11.3 Å². The Labute approximate surface area is 108 Å². The van der Waals surface area contributed by atoms with Crippen LogP contribution < -0.4 is 5.32 Å². The number of hydrogen-bond acceptors (Lipinski definition) is 1. The Morgan fingerprint density at radius 1 is 1.17 bits per heavy atom. The van der Waals surface area contributed by atoms with E-state index in [4.69, 9.17) is 0 Å². The number of carbonyl (C=O) groups excluding carboxylic acids is 1. The molecule has 0 bridgehead atoms. The molecule has 0 saturated heterocycles. The number of benzene rings is 1. The molecule has 0 radical (unpaired) electrons. The van der Waals surface area contributed by atoms with Gasteiger partial charge in [-0.25, -0.2) is 0 Å². The highest BCUT2D eigenvalue weighted by atomic mass is 16.1. The van der Waals surface area contributed by atoms with E-state index in [9.17, 15) is 4.79 Å². The maximum Gasteiger partial charge on any atom is 0.252 e. The number of rotatable bonds is 3. The van der Waals surface area contributed by atoms with Gasteiger partial charge in [-0.3, -0.25) is 4.79 Å². The molecular formula is C16H19NO. The fraction of sp³-hybridized carbons (Fsp3) is 0.375. The molecule has 1 N–H and O–H groups in total. The summed E-state index contributed by atoms with van der Waals surface area (Å²) in [5, 5.41) is 2.87. The molecular weight excluding hydrogens is 222 g/mol. The molecule has 1 fully saturated rings. The van der Waals surface area contributed by atoms with Crippen molar-refractivity contribution in [3.63, 3.8) is 0 Å². The van der Waals surface area contributed by atoms with Gasteiger partial charge in [-0.05, 0) is 36.8 Å². The van der Waals surface area contributed by atoms with Crippen LogP contribution in [0.5, 0.6) is 0 Å². The molecule has 18 heavy (non-hydrogen) atoms. The third kappa shape index (κ3) is 4.23. The molecule has 2 rings (SSSR count). The normalized spacial score (nSPS) is 14.8. The van der Waals surface area contributed by atoms with Crippen LogP contribution in [0.15, 0.2) is 47.7 Å². The molecule has 0 heterocycles. The second-order valence-electron chi connectivity index (χ2n) is 4.66. The zero-order valence-corrected chi connectivity index (χ0v) is 10.6. The van der Waals surface area contributed by atoms with E-state index in [-0.39, 0.29) is 5.91 Å². The first-order chi connectivity index (χ1) is 8.84. The summed E-state index contributed by atoms with van der Waals surface area (Å²) >= 11 is 0. The number of hydrogen-bond donors (Lipinski definition) is 1. The van der Waals surface area contributed by atoms with Crippen molar-refractivity contribution in [1.82, 2.24) is 5.32 Å².